The first-order valence-corrected chi connectivity index (χ1v) is 6.94. The summed E-state index contributed by atoms with van der Waals surface area (Å²) in [6.07, 6.45) is 2.86. The molecule has 0 fully saturated rings. The van der Waals surface area contributed by atoms with Crippen molar-refractivity contribution in [2.24, 2.45) is 0 Å². The first-order chi connectivity index (χ1) is 9.63. The van der Waals surface area contributed by atoms with Crippen LogP contribution in [0.4, 0.5) is 4.79 Å². The van der Waals surface area contributed by atoms with Gasteiger partial charge in [-0.3, -0.25) is 0 Å². The summed E-state index contributed by atoms with van der Waals surface area (Å²) in [6, 6.07) is 8.79. The molecule has 3 N–H and O–H groups in total. The molecule has 0 aromatic heterocycles. The first-order valence-electron chi connectivity index (χ1n) is 6.94. The van der Waals surface area contributed by atoms with E-state index in [0.29, 0.717) is 19.4 Å². The normalized spacial score (nSPS) is 11.7. The van der Waals surface area contributed by atoms with E-state index in [1.54, 1.807) is 0 Å². The molecule has 0 aliphatic heterocycles. The van der Waals surface area contributed by atoms with E-state index in [1.165, 1.54) is 5.56 Å². The predicted molar refractivity (Wildman–Crippen MR) is 77.6 cm³/mol. The van der Waals surface area contributed by atoms with Gasteiger partial charge in [-0.15, -0.1) is 0 Å². The number of aliphatic carboxylic acids is 1. The van der Waals surface area contributed by atoms with Gasteiger partial charge in [-0.1, -0.05) is 43.7 Å². The molecular weight excluding hydrogens is 256 g/mol. The van der Waals surface area contributed by atoms with Crippen LogP contribution in [-0.4, -0.2) is 29.7 Å². The van der Waals surface area contributed by atoms with Gasteiger partial charge in [-0.2, -0.15) is 0 Å². The van der Waals surface area contributed by atoms with E-state index in [2.05, 4.69) is 10.6 Å². The van der Waals surface area contributed by atoms with Crippen molar-refractivity contribution in [1.29, 1.82) is 0 Å². The van der Waals surface area contributed by atoms with Crippen LogP contribution < -0.4 is 10.6 Å². The Morgan fingerprint density at radius 2 is 1.95 bits per heavy atom. The van der Waals surface area contributed by atoms with Gasteiger partial charge in [0.2, 0.25) is 0 Å². The quantitative estimate of drug-likeness (QED) is 0.638. The van der Waals surface area contributed by atoms with E-state index in [9.17, 15) is 9.59 Å². The molecule has 0 heterocycles. The molecule has 0 aliphatic carbocycles. The van der Waals surface area contributed by atoms with Crippen molar-refractivity contribution in [3.05, 3.63) is 35.9 Å². The van der Waals surface area contributed by atoms with Crippen LogP contribution in [0.25, 0.3) is 0 Å². The molecule has 5 heteroatoms. The minimum atomic E-state index is -0.994. The van der Waals surface area contributed by atoms with Gasteiger partial charge in [0.05, 0.1) is 0 Å². The molecular formula is C15H22N2O3. The Kier molecular flexibility index (Phi) is 7.17. The Bertz CT molecular complexity index is 420. The van der Waals surface area contributed by atoms with Crippen molar-refractivity contribution in [3.8, 4) is 0 Å². The van der Waals surface area contributed by atoms with E-state index in [1.807, 2.05) is 37.3 Å². The van der Waals surface area contributed by atoms with Crippen LogP contribution in [-0.2, 0) is 11.2 Å². The van der Waals surface area contributed by atoms with Crippen molar-refractivity contribution in [2.45, 2.75) is 38.6 Å². The topological polar surface area (TPSA) is 78.4 Å². The van der Waals surface area contributed by atoms with Crippen LogP contribution in [0.2, 0.25) is 0 Å². The Balaban J connectivity index is 2.21. The van der Waals surface area contributed by atoms with Gasteiger partial charge in [0.25, 0.3) is 0 Å². The highest BCUT2D eigenvalue weighted by atomic mass is 16.4. The van der Waals surface area contributed by atoms with E-state index < -0.39 is 18.0 Å². The van der Waals surface area contributed by atoms with Gasteiger partial charge in [0.15, 0.2) is 0 Å². The number of benzene rings is 1. The lowest BCUT2D eigenvalue weighted by Crippen LogP contribution is -2.46. The maximum atomic E-state index is 11.6. The molecule has 1 rings (SSSR count). The summed E-state index contributed by atoms with van der Waals surface area (Å²) < 4.78 is 0. The third-order valence-electron chi connectivity index (χ3n) is 2.95. The number of rotatable bonds is 8. The predicted octanol–water partition coefficient (Wildman–Crippen LogP) is 2.17. The smallest absolute Gasteiger partial charge is 0.326 e. The fourth-order valence-electron chi connectivity index (χ4n) is 1.89. The van der Waals surface area contributed by atoms with Gasteiger partial charge >= 0.3 is 12.0 Å². The minimum Gasteiger partial charge on any atom is -0.480 e. The molecule has 0 unspecified atom stereocenters. The summed E-state index contributed by atoms with van der Waals surface area (Å²) >= 11 is 0. The van der Waals surface area contributed by atoms with E-state index in [4.69, 9.17) is 5.11 Å². The van der Waals surface area contributed by atoms with Crippen molar-refractivity contribution in [1.82, 2.24) is 10.6 Å². The lowest BCUT2D eigenvalue weighted by Gasteiger charge is -2.14. The second-order valence-electron chi connectivity index (χ2n) is 4.67. The molecule has 20 heavy (non-hydrogen) atoms. The highest BCUT2D eigenvalue weighted by Crippen LogP contribution is 2.01. The monoisotopic (exact) mass is 278 g/mol. The largest absolute Gasteiger partial charge is 0.480 e. The van der Waals surface area contributed by atoms with Crippen molar-refractivity contribution < 1.29 is 14.7 Å². The number of aryl methyl sites for hydroxylation is 1. The number of urea groups is 1. The zero-order valence-corrected chi connectivity index (χ0v) is 11.8. The number of hydrogen-bond donors (Lipinski definition) is 3. The molecule has 0 aliphatic rings. The van der Waals surface area contributed by atoms with Gasteiger partial charge < -0.3 is 15.7 Å². The summed E-state index contributed by atoms with van der Waals surface area (Å²) in [5.74, 6) is -0.994. The third kappa shape index (κ3) is 6.22. The zero-order valence-electron chi connectivity index (χ0n) is 11.8. The van der Waals surface area contributed by atoms with Crippen molar-refractivity contribution in [3.63, 3.8) is 0 Å². The van der Waals surface area contributed by atoms with E-state index >= 15 is 0 Å². The van der Waals surface area contributed by atoms with Gasteiger partial charge in [-0.05, 0) is 24.8 Å². The summed E-state index contributed by atoms with van der Waals surface area (Å²) in [5.41, 5.74) is 1.23. The summed E-state index contributed by atoms with van der Waals surface area (Å²) in [7, 11) is 0. The number of carbonyl (C=O) groups excluding carboxylic acids is 1. The summed E-state index contributed by atoms with van der Waals surface area (Å²) in [4.78, 5) is 22.5. The van der Waals surface area contributed by atoms with Gasteiger partial charge in [-0.25, -0.2) is 9.59 Å². The number of carboxylic acid groups (broad SMARTS) is 1. The lowest BCUT2D eigenvalue weighted by molar-refractivity contribution is -0.139. The maximum Gasteiger partial charge on any atom is 0.326 e. The molecule has 0 radical (unpaired) electrons. The molecule has 0 bridgehead atoms. The maximum absolute atomic E-state index is 11.6. The molecule has 1 aromatic rings. The molecule has 1 aromatic carbocycles. The highest BCUT2D eigenvalue weighted by Gasteiger charge is 2.18. The van der Waals surface area contributed by atoms with Crippen LogP contribution >= 0.6 is 0 Å². The molecule has 0 saturated heterocycles. The number of hydrogen-bond acceptors (Lipinski definition) is 2. The fraction of sp³-hybridized carbons (Fsp3) is 0.467. The molecule has 2 amide bonds. The van der Waals surface area contributed by atoms with Crippen LogP contribution in [0.15, 0.2) is 30.3 Å². The molecule has 5 nitrogen and oxygen atoms in total. The molecule has 1 atom stereocenters. The molecule has 0 spiro atoms. The van der Waals surface area contributed by atoms with Crippen molar-refractivity contribution in [2.75, 3.05) is 6.54 Å². The van der Waals surface area contributed by atoms with Crippen LogP contribution in [0, 0.1) is 0 Å². The average molecular weight is 278 g/mol. The SMILES string of the molecule is CCC[C@@H](NC(=O)NCCCc1ccccc1)C(=O)O. The van der Waals surface area contributed by atoms with E-state index in [-0.39, 0.29) is 0 Å². The van der Waals surface area contributed by atoms with Gasteiger partial charge in [0.1, 0.15) is 6.04 Å². The second-order valence-corrected chi connectivity index (χ2v) is 4.67. The Hall–Kier alpha value is -2.04. The van der Waals surface area contributed by atoms with E-state index in [0.717, 1.165) is 12.8 Å². The Morgan fingerprint density at radius 1 is 1.25 bits per heavy atom. The second kappa shape index (κ2) is 8.96. The number of carboxylic acids is 1. The number of amides is 2. The van der Waals surface area contributed by atoms with Crippen LogP contribution in [0.5, 0.6) is 0 Å². The van der Waals surface area contributed by atoms with Gasteiger partial charge in [0, 0.05) is 6.54 Å². The highest BCUT2D eigenvalue weighted by molar-refractivity contribution is 5.82. The summed E-state index contributed by atoms with van der Waals surface area (Å²) in [6.45, 7) is 2.41. The van der Waals surface area contributed by atoms with Crippen LogP contribution in [0.1, 0.15) is 31.7 Å². The zero-order chi connectivity index (χ0) is 14.8. The minimum absolute atomic E-state index is 0.418. The fourth-order valence-corrected chi connectivity index (χ4v) is 1.89. The third-order valence-corrected chi connectivity index (χ3v) is 2.95. The Morgan fingerprint density at radius 3 is 2.55 bits per heavy atom. The molecule has 110 valence electrons. The molecule has 0 saturated carbocycles. The van der Waals surface area contributed by atoms with Crippen molar-refractivity contribution >= 4 is 12.0 Å². The Labute approximate surface area is 119 Å². The summed E-state index contributed by atoms with van der Waals surface area (Å²) in [5, 5.41) is 14.1. The lowest BCUT2D eigenvalue weighted by atomic mass is 10.1. The number of nitrogens with one attached hydrogen (secondary N) is 2. The first kappa shape index (κ1) is 16.0. The standard InChI is InChI=1S/C15H22N2O3/c1-2-7-13(14(18)19)17-15(20)16-11-6-10-12-8-4-3-5-9-12/h3-5,8-9,13H,2,6-7,10-11H2,1H3,(H,18,19)(H2,16,17,20)/t13-/m1/s1. The number of carbonyl (C=O) groups is 2. The average Bonchev–Trinajstić information content (AvgIpc) is 2.44. The van der Waals surface area contributed by atoms with Crippen LogP contribution in [0.3, 0.4) is 0 Å².